The Labute approximate surface area is 169 Å². The average molecular weight is 417 g/mol. The Hall–Kier alpha value is -3.07. The van der Waals surface area contributed by atoms with Crippen LogP contribution in [0.5, 0.6) is 11.5 Å². The zero-order valence-corrected chi connectivity index (χ0v) is 16.7. The van der Waals surface area contributed by atoms with Gasteiger partial charge in [0.05, 0.1) is 11.5 Å². The molecular formula is C20H23N3O5S. The van der Waals surface area contributed by atoms with Gasteiger partial charge in [-0.3, -0.25) is 4.79 Å². The second-order valence-electron chi connectivity index (χ2n) is 6.87. The lowest BCUT2D eigenvalue weighted by molar-refractivity contribution is -0.117. The van der Waals surface area contributed by atoms with E-state index in [0.29, 0.717) is 23.6 Å². The highest BCUT2D eigenvalue weighted by Gasteiger charge is 2.29. The molecule has 1 aliphatic heterocycles. The van der Waals surface area contributed by atoms with Crippen LogP contribution in [0.15, 0.2) is 54.6 Å². The molecule has 0 bridgehead atoms. The number of carbonyl (C=O) groups excluding carboxylic acids is 2. The van der Waals surface area contributed by atoms with Gasteiger partial charge < -0.3 is 20.7 Å². The first-order valence-electron chi connectivity index (χ1n) is 9.22. The Morgan fingerprint density at radius 1 is 1.03 bits per heavy atom. The van der Waals surface area contributed by atoms with Crippen LogP contribution in [-0.2, 0) is 14.6 Å². The summed E-state index contributed by atoms with van der Waals surface area (Å²) in [6, 6.07) is 14.4. The number of hydrogen-bond acceptors (Lipinski definition) is 5. The van der Waals surface area contributed by atoms with E-state index >= 15 is 0 Å². The van der Waals surface area contributed by atoms with Crippen molar-refractivity contribution in [2.24, 2.45) is 0 Å². The Morgan fingerprint density at radius 2 is 1.69 bits per heavy atom. The molecule has 2 atom stereocenters. The lowest BCUT2D eigenvalue weighted by Gasteiger charge is -2.17. The van der Waals surface area contributed by atoms with Crippen molar-refractivity contribution in [3.05, 3.63) is 54.6 Å². The van der Waals surface area contributed by atoms with E-state index < -0.39 is 33.9 Å². The number of amides is 3. The SMILES string of the molecule is CC(NC(=O)NC1CCS(=O)(=O)C1)C(=O)Nc1ccc(Oc2ccccc2)cc1. The van der Waals surface area contributed by atoms with Gasteiger partial charge in [-0.25, -0.2) is 13.2 Å². The molecule has 1 aliphatic rings. The van der Waals surface area contributed by atoms with Gasteiger partial charge >= 0.3 is 6.03 Å². The molecule has 8 nitrogen and oxygen atoms in total. The average Bonchev–Trinajstić information content (AvgIpc) is 3.02. The molecule has 1 fully saturated rings. The van der Waals surface area contributed by atoms with Gasteiger partial charge in [0.2, 0.25) is 5.91 Å². The fraction of sp³-hybridized carbons (Fsp3) is 0.300. The van der Waals surface area contributed by atoms with E-state index in [2.05, 4.69) is 16.0 Å². The van der Waals surface area contributed by atoms with Crippen molar-refractivity contribution in [3.8, 4) is 11.5 Å². The van der Waals surface area contributed by atoms with E-state index in [1.807, 2.05) is 30.3 Å². The zero-order chi connectivity index (χ0) is 20.9. The van der Waals surface area contributed by atoms with Crippen LogP contribution < -0.4 is 20.7 Å². The summed E-state index contributed by atoms with van der Waals surface area (Å²) in [5, 5.41) is 7.82. The Kier molecular flexibility index (Phi) is 6.38. The van der Waals surface area contributed by atoms with Gasteiger partial charge in [-0.2, -0.15) is 0 Å². The summed E-state index contributed by atoms with van der Waals surface area (Å²) in [7, 11) is -3.08. The molecule has 3 rings (SSSR count). The van der Waals surface area contributed by atoms with Crippen molar-refractivity contribution in [3.63, 3.8) is 0 Å². The van der Waals surface area contributed by atoms with Crippen molar-refractivity contribution in [1.82, 2.24) is 10.6 Å². The van der Waals surface area contributed by atoms with Crippen molar-refractivity contribution >= 4 is 27.5 Å². The molecule has 0 aliphatic carbocycles. The number of benzene rings is 2. The third kappa shape index (κ3) is 6.21. The van der Waals surface area contributed by atoms with Crippen LogP contribution >= 0.6 is 0 Å². The zero-order valence-electron chi connectivity index (χ0n) is 15.9. The monoisotopic (exact) mass is 417 g/mol. The quantitative estimate of drug-likeness (QED) is 0.667. The first kappa shape index (κ1) is 20.7. The van der Waals surface area contributed by atoms with Gasteiger partial charge in [0, 0.05) is 11.7 Å². The van der Waals surface area contributed by atoms with E-state index in [9.17, 15) is 18.0 Å². The maximum Gasteiger partial charge on any atom is 0.315 e. The standard InChI is InChI=1S/C20H23N3O5S/c1-14(21-20(25)23-16-11-12-29(26,27)13-16)19(24)22-15-7-9-18(10-8-15)28-17-5-3-2-4-6-17/h2-10,14,16H,11-13H2,1H3,(H,22,24)(H2,21,23,25). The van der Waals surface area contributed by atoms with Crippen molar-refractivity contribution < 1.29 is 22.7 Å². The summed E-state index contributed by atoms with van der Waals surface area (Å²) in [6.45, 7) is 1.55. The number of sulfone groups is 1. The molecule has 2 unspecified atom stereocenters. The molecule has 0 saturated carbocycles. The second kappa shape index (κ2) is 8.95. The Bertz CT molecular complexity index is 961. The number of urea groups is 1. The van der Waals surface area contributed by atoms with Gasteiger partial charge in [-0.1, -0.05) is 18.2 Å². The van der Waals surface area contributed by atoms with E-state index in [4.69, 9.17) is 4.74 Å². The summed E-state index contributed by atoms with van der Waals surface area (Å²) in [5.41, 5.74) is 0.561. The highest BCUT2D eigenvalue weighted by atomic mass is 32.2. The van der Waals surface area contributed by atoms with E-state index in [1.54, 1.807) is 31.2 Å². The third-order valence-corrected chi connectivity index (χ3v) is 6.18. The molecule has 2 aromatic rings. The van der Waals surface area contributed by atoms with Gasteiger partial charge in [-0.15, -0.1) is 0 Å². The van der Waals surface area contributed by atoms with Crippen LogP contribution in [0.2, 0.25) is 0 Å². The predicted molar refractivity (Wildman–Crippen MR) is 110 cm³/mol. The van der Waals surface area contributed by atoms with E-state index in [0.717, 1.165) is 0 Å². The van der Waals surface area contributed by atoms with Crippen LogP contribution in [0.1, 0.15) is 13.3 Å². The lowest BCUT2D eigenvalue weighted by atomic mass is 10.2. The second-order valence-corrected chi connectivity index (χ2v) is 9.10. The first-order valence-corrected chi connectivity index (χ1v) is 11.0. The summed E-state index contributed by atoms with van der Waals surface area (Å²) in [6.07, 6.45) is 0.383. The number of ether oxygens (including phenoxy) is 1. The Balaban J connectivity index is 1.47. The topological polar surface area (TPSA) is 114 Å². The molecule has 2 aromatic carbocycles. The first-order chi connectivity index (χ1) is 13.8. The maximum atomic E-state index is 12.3. The molecule has 0 aromatic heterocycles. The minimum absolute atomic E-state index is 0.0674. The smallest absolute Gasteiger partial charge is 0.315 e. The van der Waals surface area contributed by atoms with Gasteiger partial charge in [0.25, 0.3) is 0 Å². The summed E-state index contributed by atoms with van der Waals surface area (Å²) in [5.74, 6) is 0.946. The molecule has 154 valence electrons. The van der Waals surface area contributed by atoms with Crippen molar-refractivity contribution in [1.29, 1.82) is 0 Å². The molecule has 3 N–H and O–H groups in total. The number of carbonyl (C=O) groups is 2. The normalized spacial score (nSPS) is 18.4. The number of anilines is 1. The number of para-hydroxylation sites is 1. The van der Waals surface area contributed by atoms with Gasteiger partial charge in [0.15, 0.2) is 9.84 Å². The van der Waals surface area contributed by atoms with Crippen LogP contribution in [0, 0.1) is 0 Å². The highest BCUT2D eigenvalue weighted by molar-refractivity contribution is 7.91. The number of hydrogen-bond donors (Lipinski definition) is 3. The summed E-state index contributed by atoms with van der Waals surface area (Å²) < 4.78 is 28.6. The van der Waals surface area contributed by atoms with E-state index in [-0.39, 0.29) is 11.5 Å². The molecular weight excluding hydrogens is 394 g/mol. The molecule has 0 spiro atoms. The molecule has 29 heavy (non-hydrogen) atoms. The minimum atomic E-state index is -3.08. The van der Waals surface area contributed by atoms with E-state index in [1.165, 1.54) is 0 Å². The minimum Gasteiger partial charge on any atom is -0.457 e. The van der Waals surface area contributed by atoms with Gasteiger partial charge in [-0.05, 0) is 49.7 Å². The summed E-state index contributed by atoms with van der Waals surface area (Å²) in [4.78, 5) is 24.3. The van der Waals surface area contributed by atoms with Crippen molar-refractivity contribution in [2.75, 3.05) is 16.8 Å². The molecule has 1 heterocycles. The fourth-order valence-corrected chi connectivity index (χ4v) is 4.55. The largest absolute Gasteiger partial charge is 0.457 e. The number of rotatable bonds is 6. The highest BCUT2D eigenvalue weighted by Crippen LogP contribution is 2.22. The molecule has 0 radical (unpaired) electrons. The van der Waals surface area contributed by atoms with Crippen LogP contribution in [0.4, 0.5) is 10.5 Å². The van der Waals surface area contributed by atoms with Crippen LogP contribution in [0.3, 0.4) is 0 Å². The molecule has 1 saturated heterocycles. The lowest BCUT2D eigenvalue weighted by Crippen LogP contribution is -2.49. The molecule has 9 heteroatoms. The fourth-order valence-electron chi connectivity index (χ4n) is 2.88. The van der Waals surface area contributed by atoms with Crippen LogP contribution in [0.25, 0.3) is 0 Å². The molecule has 3 amide bonds. The summed E-state index contributed by atoms with van der Waals surface area (Å²) >= 11 is 0. The number of nitrogens with one attached hydrogen (secondary N) is 3. The van der Waals surface area contributed by atoms with Crippen molar-refractivity contribution in [2.45, 2.75) is 25.4 Å². The third-order valence-electron chi connectivity index (χ3n) is 4.41. The van der Waals surface area contributed by atoms with Gasteiger partial charge in [0.1, 0.15) is 17.5 Å². The maximum absolute atomic E-state index is 12.3. The predicted octanol–water partition coefficient (Wildman–Crippen LogP) is 2.29. The Morgan fingerprint density at radius 3 is 2.31 bits per heavy atom. The van der Waals surface area contributed by atoms with Crippen LogP contribution in [-0.4, -0.2) is 43.9 Å².